The number of hydrogen-bond donors (Lipinski definition) is 1. The van der Waals surface area contributed by atoms with E-state index in [9.17, 15) is 27.1 Å². The molecule has 3 aromatic rings. The first-order valence-corrected chi connectivity index (χ1v) is 11.2. The van der Waals surface area contributed by atoms with Gasteiger partial charge in [-0.05, 0) is 30.2 Å². The summed E-state index contributed by atoms with van der Waals surface area (Å²) in [6.45, 7) is 8.45. The first-order valence-electron chi connectivity index (χ1n) is 11.2. The molecule has 1 heterocycles. The van der Waals surface area contributed by atoms with Crippen LogP contribution in [-0.2, 0) is 5.41 Å². The number of hydrogen-bond acceptors (Lipinski definition) is 5. The van der Waals surface area contributed by atoms with Gasteiger partial charge in [-0.2, -0.15) is 13.2 Å². The van der Waals surface area contributed by atoms with Gasteiger partial charge in [0.25, 0.3) is 0 Å². The summed E-state index contributed by atoms with van der Waals surface area (Å²) in [5.41, 5.74) is -4.10. The molecule has 0 amide bonds. The van der Waals surface area contributed by atoms with E-state index in [1.54, 1.807) is 26.0 Å². The second-order valence-electron chi connectivity index (χ2n) is 9.69. The molecule has 3 rings (SSSR count). The van der Waals surface area contributed by atoms with Crippen LogP contribution in [0.15, 0.2) is 35.5 Å². The molecule has 194 valence electrons. The van der Waals surface area contributed by atoms with Crippen molar-refractivity contribution in [1.29, 1.82) is 0 Å². The third-order valence-electron chi connectivity index (χ3n) is 6.09. The molecule has 0 saturated carbocycles. The van der Waals surface area contributed by atoms with Crippen molar-refractivity contribution in [1.82, 2.24) is 9.97 Å². The fourth-order valence-corrected chi connectivity index (χ4v) is 4.24. The van der Waals surface area contributed by atoms with Crippen molar-refractivity contribution in [3.63, 3.8) is 0 Å². The van der Waals surface area contributed by atoms with Crippen LogP contribution in [0.25, 0.3) is 10.9 Å². The smallest absolute Gasteiger partial charge is 0.422 e. The van der Waals surface area contributed by atoms with Gasteiger partial charge in [0.1, 0.15) is 17.1 Å². The SMILES string of the molecule is COc1c(C(C)C)cccc1C(C)(C)CC(O)(/C=N/c1cc(F)c(F)c2nc(C)ncc12)C(F)(F)F. The van der Waals surface area contributed by atoms with Crippen LogP contribution in [0.1, 0.15) is 57.0 Å². The lowest BCUT2D eigenvalue weighted by Crippen LogP contribution is -2.50. The van der Waals surface area contributed by atoms with Crippen molar-refractivity contribution in [2.24, 2.45) is 4.99 Å². The molecule has 0 aliphatic heterocycles. The first kappa shape index (κ1) is 27.4. The van der Waals surface area contributed by atoms with Gasteiger partial charge in [-0.3, -0.25) is 4.99 Å². The predicted molar refractivity (Wildman–Crippen MR) is 128 cm³/mol. The number of aromatic nitrogens is 2. The lowest BCUT2D eigenvalue weighted by molar-refractivity contribution is -0.234. The number of fused-ring (bicyclic) bond motifs is 1. The van der Waals surface area contributed by atoms with E-state index in [2.05, 4.69) is 15.0 Å². The molecule has 36 heavy (non-hydrogen) atoms. The maximum Gasteiger partial charge on any atom is 0.422 e. The fourth-order valence-electron chi connectivity index (χ4n) is 4.24. The minimum absolute atomic E-state index is 0.0475. The van der Waals surface area contributed by atoms with Gasteiger partial charge in [-0.1, -0.05) is 45.9 Å². The van der Waals surface area contributed by atoms with Crippen LogP contribution in [0.2, 0.25) is 0 Å². The quantitative estimate of drug-likeness (QED) is 0.284. The van der Waals surface area contributed by atoms with Gasteiger partial charge in [0.2, 0.25) is 0 Å². The van der Waals surface area contributed by atoms with Crippen molar-refractivity contribution in [2.75, 3.05) is 7.11 Å². The average molecular weight is 510 g/mol. The zero-order valence-corrected chi connectivity index (χ0v) is 20.8. The standard InChI is InChI=1S/C26H28F5N3O2/c1-14(2)16-8-7-9-18(23(16)36-6)24(4,5)12-25(35,26(29,30)31)13-33-20-10-19(27)21(28)22-17(20)11-32-15(3)34-22/h7-11,13-14,35H,12H2,1-6H3/b33-13+. The van der Waals surface area contributed by atoms with E-state index in [0.717, 1.165) is 11.8 Å². The molecule has 10 heteroatoms. The second-order valence-corrected chi connectivity index (χ2v) is 9.69. The van der Waals surface area contributed by atoms with E-state index in [0.29, 0.717) is 23.6 Å². The number of halogens is 5. The van der Waals surface area contributed by atoms with Gasteiger partial charge >= 0.3 is 6.18 Å². The maximum absolute atomic E-state index is 14.2. The largest absolute Gasteiger partial charge is 0.496 e. The number of alkyl halides is 3. The molecular formula is C26H28F5N3O2. The van der Waals surface area contributed by atoms with Crippen LogP contribution < -0.4 is 4.74 Å². The zero-order chi connectivity index (χ0) is 27.1. The molecule has 0 spiro atoms. The first-order chi connectivity index (χ1) is 16.6. The van der Waals surface area contributed by atoms with Crippen molar-refractivity contribution in [3.8, 4) is 5.75 Å². The van der Waals surface area contributed by atoms with E-state index in [-0.39, 0.29) is 22.8 Å². The van der Waals surface area contributed by atoms with Crippen LogP contribution >= 0.6 is 0 Å². The van der Waals surface area contributed by atoms with Crippen LogP contribution in [0.3, 0.4) is 0 Å². The summed E-state index contributed by atoms with van der Waals surface area (Å²) in [7, 11) is 1.44. The Bertz CT molecular complexity index is 1300. The van der Waals surface area contributed by atoms with Crippen molar-refractivity contribution in [3.05, 3.63) is 59.0 Å². The van der Waals surface area contributed by atoms with Crippen LogP contribution in [0, 0.1) is 18.6 Å². The Kier molecular flexibility index (Phi) is 7.41. The summed E-state index contributed by atoms with van der Waals surface area (Å²) in [6, 6.07) is 5.86. The topological polar surface area (TPSA) is 67.6 Å². The molecule has 0 bridgehead atoms. The van der Waals surface area contributed by atoms with E-state index in [1.807, 2.05) is 19.9 Å². The molecule has 0 aliphatic rings. The van der Waals surface area contributed by atoms with Gasteiger partial charge in [-0.15, -0.1) is 0 Å². The zero-order valence-electron chi connectivity index (χ0n) is 20.8. The van der Waals surface area contributed by atoms with Crippen molar-refractivity contribution < 1.29 is 31.8 Å². The monoisotopic (exact) mass is 509 g/mol. The predicted octanol–water partition coefficient (Wildman–Crippen LogP) is 6.71. The van der Waals surface area contributed by atoms with E-state index in [4.69, 9.17) is 4.74 Å². The molecule has 0 radical (unpaired) electrons. The summed E-state index contributed by atoms with van der Waals surface area (Å²) < 4.78 is 76.6. The Morgan fingerprint density at radius 2 is 1.83 bits per heavy atom. The average Bonchev–Trinajstić information content (AvgIpc) is 2.78. The number of para-hydroxylation sites is 1. The van der Waals surface area contributed by atoms with Crippen LogP contribution in [0.5, 0.6) is 5.75 Å². The lowest BCUT2D eigenvalue weighted by Gasteiger charge is -2.36. The van der Waals surface area contributed by atoms with Crippen LogP contribution in [0.4, 0.5) is 27.6 Å². The van der Waals surface area contributed by atoms with Crippen LogP contribution in [-0.4, -0.2) is 40.2 Å². The third-order valence-corrected chi connectivity index (χ3v) is 6.09. The number of aryl methyl sites for hydroxylation is 1. The van der Waals surface area contributed by atoms with Crippen molar-refractivity contribution in [2.45, 2.75) is 64.1 Å². The molecule has 5 nitrogen and oxygen atoms in total. The number of nitrogens with zero attached hydrogens (tertiary/aromatic N) is 3. The highest BCUT2D eigenvalue weighted by Gasteiger charge is 2.55. The summed E-state index contributed by atoms with van der Waals surface area (Å²) in [5, 5.41) is 10.8. The minimum atomic E-state index is -5.13. The highest BCUT2D eigenvalue weighted by atomic mass is 19.4. The normalized spacial score (nSPS) is 14.6. The van der Waals surface area contributed by atoms with Gasteiger partial charge in [0.15, 0.2) is 17.2 Å². The number of aliphatic imine (C=N–C) groups is 1. The van der Waals surface area contributed by atoms with Gasteiger partial charge < -0.3 is 9.84 Å². The Morgan fingerprint density at radius 1 is 1.17 bits per heavy atom. The van der Waals surface area contributed by atoms with E-state index in [1.165, 1.54) is 14.0 Å². The molecule has 2 aromatic carbocycles. The molecule has 0 aliphatic carbocycles. The summed E-state index contributed by atoms with van der Waals surface area (Å²) in [5.74, 6) is -1.96. The van der Waals surface area contributed by atoms with E-state index < -0.39 is 40.8 Å². The summed E-state index contributed by atoms with van der Waals surface area (Å²) in [6.07, 6.45) is -4.48. The molecule has 1 atom stereocenters. The van der Waals surface area contributed by atoms with Crippen molar-refractivity contribution >= 4 is 22.8 Å². The van der Waals surface area contributed by atoms with Gasteiger partial charge in [0.05, 0.1) is 12.8 Å². The number of ether oxygens (including phenoxy) is 1. The number of benzene rings is 2. The minimum Gasteiger partial charge on any atom is -0.496 e. The Morgan fingerprint density at radius 3 is 2.42 bits per heavy atom. The Labute approximate surface area is 206 Å². The van der Waals surface area contributed by atoms with E-state index >= 15 is 0 Å². The molecular weight excluding hydrogens is 481 g/mol. The third kappa shape index (κ3) is 5.18. The molecule has 1 aromatic heterocycles. The lowest BCUT2D eigenvalue weighted by atomic mass is 9.74. The number of methoxy groups -OCH3 is 1. The summed E-state index contributed by atoms with van der Waals surface area (Å²) >= 11 is 0. The summed E-state index contributed by atoms with van der Waals surface area (Å²) in [4.78, 5) is 11.5. The highest BCUT2D eigenvalue weighted by molar-refractivity contribution is 5.92. The number of rotatable bonds is 7. The maximum atomic E-state index is 14.2. The second kappa shape index (κ2) is 9.72. The van der Waals surface area contributed by atoms with Gasteiger partial charge in [-0.25, -0.2) is 18.7 Å². The molecule has 1 N–H and O–H groups in total. The Balaban J connectivity index is 2.11. The molecule has 0 saturated heterocycles. The molecule has 1 unspecified atom stereocenters. The fraction of sp³-hybridized carbons (Fsp3) is 0.423. The Hall–Kier alpha value is -3.14. The van der Waals surface area contributed by atoms with Gasteiger partial charge in [0, 0.05) is 29.4 Å². The molecule has 0 fully saturated rings. The highest BCUT2D eigenvalue weighted by Crippen LogP contribution is 2.45. The number of aliphatic hydroxyl groups is 1.